The van der Waals surface area contributed by atoms with Crippen molar-refractivity contribution in [3.8, 4) is 0 Å². The van der Waals surface area contributed by atoms with E-state index in [4.69, 9.17) is 0 Å². The molecule has 0 aromatic heterocycles. The smallest absolute Gasteiger partial charge is 0.0166 e. The van der Waals surface area contributed by atoms with Crippen molar-refractivity contribution in [3.63, 3.8) is 0 Å². The Bertz CT molecular complexity index is 228. The summed E-state index contributed by atoms with van der Waals surface area (Å²) in [7, 11) is 0. The van der Waals surface area contributed by atoms with Gasteiger partial charge in [0.05, 0.1) is 0 Å². The summed E-state index contributed by atoms with van der Waals surface area (Å²) in [5.74, 6) is 0. The molecule has 0 amide bonds. The molecule has 0 heterocycles. The summed E-state index contributed by atoms with van der Waals surface area (Å²) in [5, 5.41) is 0. The molecule has 0 saturated heterocycles. The monoisotopic (exact) mass is 188 g/mol. The maximum absolute atomic E-state index is 2.31. The topological polar surface area (TPSA) is 0 Å². The fourth-order valence-electron chi connectivity index (χ4n) is 1.41. The first-order valence-corrected chi connectivity index (χ1v) is 5.62. The predicted octanol–water partition coefficient (Wildman–Crippen LogP) is 4.57. The molecule has 0 fully saturated rings. The van der Waals surface area contributed by atoms with Gasteiger partial charge >= 0.3 is 0 Å². The minimum absolute atomic E-state index is 1.07. The molecule has 0 nitrogen and oxygen atoms in total. The molecule has 76 valence electrons. The van der Waals surface area contributed by atoms with Crippen molar-refractivity contribution < 1.29 is 0 Å². The first kappa shape index (κ1) is 11.0. The molecule has 1 rings (SSSR count). The first-order chi connectivity index (χ1) is 7.00. The summed E-state index contributed by atoms with van der Waals surface area (Å²) in [4.78, 5) is 0. The Labute approximate surface area is 87.7 Å². The summed E-state index contributed by atoms with van der Waals surface area (Å²) in [6, 6.07) is 0. The third kappa shape index (κ3) is 6.47. The van der Waals surface area contributed by atoms with Crippen LogP contribution in [-0.4, -0.2) is 0 Å². The van der Waals surface area contributed by atoms with Gasteiger partial charge in [-0.15, -0.1) is 0 Å². The summed E-state index contributed by atoms with van der Waals surface area (Å²) in [6.45, 7) is 0. The highest BCUT2D eigenvalue weighted by atomic mass is 13.9. The van der Waals surface area contributed by atoms with Crippen LogP contribution in [0.25, 0.3) is 0 Å². The second kappa shape index (κ2) is 8.55. The molecule has 1 aliphatic carbocycles. The normalized spacial score (nSPS) is 26.3. The number of allylic oxidation sites excluding steroid dienone is 8. The Morgan fingerprint density at radius 2 is 1.14 bits per heavy atom. The van der Waals surface area contributed by atoms with E-state index in [9.17, 15) is 0 Å². The van der Waals surface area contributed by atoms with Crippen LogP contribution in [0.5, 0.6) is 0 Å². The van der Waals surface area contributed by atoms with Gasteiger partial charge in [0.2, 0.25) is 0 Å². The third-order valence-electron chi connectivity index (χ3n) is 2.23. The van der Waals surface area contributed by atoms with Crippen LogP contribution >= 0.6 is 0 Å². The minimum atomic E-state index is 1.07. The zero-order chi connectivity index (χ0) is 9.90. The molecule has 0 aliphatic heterocycles. The van der Waals surface area contributed by atoms with E-state index < -0.39 is 0 Å². The van der Waals surface area contributed by atoms with Gasteiger partial charge < -0.3 is 0 Å². The van der Waals surface area contributed by atoms with Crippen LogP contribution in [0.4, 0.5) is 0 Å². The lowest BCUT2D eigenvalue weighted by atomic mass is 10.2. The predicted molar refractivity (Wildman–Crippen MR) is 64.3 cm³/mol. The highest BCUT2D eigenvalue weighted by Gasteiger charge is 1.82. The Hall–Kier alpha value is -1.04. The molecule has 0 radical (unpaired) electrons. The Balaban J connectivity index is 2.35. The van der Waals surface area contributed by atoms with E-state index >= 15 is 0 Å². The minimum Gasteiger partial charge on any atom is -0.0885 e. The van der Waals surface area contributed by atoms with E-state index in [1.54, 1.807) is 0 Å². The molecule has 0 heteroatoms. The van der Waals surface area contributed by atoms with E-state index in [1.807, 2.05) is 0 Å². The van der Waals surface area contributed by atoms with Gasteiger partial charge in [0.25, 0.3) is 0 Å². The molecular weight excluding hydrogens is 168 g/mol. The number of rotatable bonds is 0. The van der Waals surface area contributed by atoms with E-state index in [0.29, 0.717) is 0 Å². The van der Waals surface area contributed by atoms with Crippen molar-refractivity contribution in [2.45, 2.75) is 38.5 Å². The van der Waals surface area contributed by atoms with E-state index in [2.05, 4.69) is 48.6 Å². The molecule has 0 aromatic rings. The van der Waals surface area contributed by atoms with Crippen molar-refractivity contribution in [1.82, 2.24) is 0 Å². The lowest BCUT2D eigenvalue weighted by molar-refractivity contribution is 0.860. The lowest BCUT2D eigenvalue weighted by Gasteiger charge is -1.91. The van der Waals surface area contributed by atoms with Gasteiger partial charge in [0.15, 0.2) is 0 Å². The van der Waals surface area contributed by atoms with Crippen molar-refractivity contribution >= 4 is 0 Å². The van der Waals surface area contributed by atoms with Crippen LogP contribution in [0.15, 0.2) is 48.6 Å². The van der Waals surface area contributed by atoms with Crippen LogP contribution in [0.3, 0.4) is 0 Å². The fourth-order valence-corrected chi connectivity index (χ4v) is 1.41. The highest BCUT2D eigenvalue weighted by molar-refractivity contribution is 5.05. The molecule has 0 N–H and O–H groups in total. The maximum atomic E-state index is 2.31. The first-order valence-electron chi connectivity index (χ1n) is 5.62. The Morgan fingerprint density at radius 3 is 2.07 bits per heavy atom. The second-order valence-electron chi connectivity index (χ2n) is 3.54. The molecular formula is C14H20. The quantitative estimate of drug-likeness (QED) is 0.489. The van der Waals surface area contributed by atoms with Crippen LogP contribution in [-0.2, 0) is 0 Å². The van der Waals surface area contributed by atoms with Crippen LogP contribution < -0.4 is 0 Å². The Kier molecular flexibility index (Phi) is 6.74. The maximum Gasteiger partial charge on any atom is -0.0166 e. The van der Waals surface area contributed by atoms with Gasteiger partial charge in [-0.3, -0.25) is 0 Å². The third-order valence-corrected chi connectivity index (χ3v) is 2.23. The molecule has 1 aliphatic rings. The average molecular weight is 188 g/mol. The van der Waals surface area contributed by atoms with Crippen molar-refractivity contribution in [3.05, 3.63) is 48.6 Å². The molecule has 0 unspecified atom stereocenters. The van der Waals surface area contributed by atoms with Crippen molar-refractivity contribution in [2.24, 2.45) is 0 Å². The summed E-state index contributed by atoms with van der Waals surface area (Å²) in [5.41, 5.74) is 0. The van der Waals surface area contributed by atoms with Gasteiger partial charge in [0, 0.05) is 0 Å². The molecule has 0 spiro atoms. The van der Waals surface area contributed by atoms with Gasteiger partial charge in [-0.25, -0.2) is 0 Å². The van der Waals surface area contributed by atoms with Crippen LogP contribution in [0, 0.1) is 0 Å². The SMILES string of the molecule is C1=CCCC/C=C/CC/C=C\C=C\C1. The number of hydrogen-bond acceptors (Lipinski definition) is 0. The van der Waals surface area contributed by atoms with Gasteiger partial charge in [0.1, 0.15) is 0 Å². The zero-order valence-corrected chi connectivity index (χ0v) is 8.86. The lowest BCUT2D eigenvalue weighted by Crippen LogP contribution is -1.71. The van der Waals surface area contributed by atoms with E-state index in [1.165, 1.54) is 25.7 Å². The average Bonchev–Trinajstić information content (AvgIpc) is 2.22. The zero-order valence-electron chi connectivity index (χ0n) is 8.86. The van der Waals surface area contributed by atoms with E-state index in [-0.39, 0.29) is 0 Å². The summed E-state index contributed by atoms with van der Waals surface area (Å²) < 4.78 is 0. The molecule has 0 aromatic carbocycles. The summed E-state index contributed by atoms with van der Waals surface area (Å²) >= 11 is 0. The molecule has 14 heavy (non-hydrogen) atoms. The van der Waals surface area contributed by atoms with Crippen molar-refractivity contribution in [1.29, 1.82) is 0 Å². The highest BCUT2D eigenvalue weighted by Crippen LogP contribution is 2.02. The second-order valence-corrected chi connectivity index (χ2v) is 3.54. The number of hydrogen-bond donors (Lipinski definition) is 0. The largest absolute Gasteiger partial charge is 0.0885 e. The van der Waals surface area contributed by atoms with Gasteiger partial charge in [-0.05, 0) is 38.5 Å². The summed E-state index contributed by atoms with van der Waals surface area (Å²) in [6.07, 6.45) is 25.0. The fraction of sp³-hybridized carbons (Fsp3) is 0.429. The van der Waals surface area contributed by atoms with E-state index in [0.717, 1.165) is 12.8 Å². The standard InChI is InChI=1S/C14H20/c1-2-4-6-8-10-12-14-13-11-9-7-5-3-1/h1-4,7,9-10,12H,5-6,8,11,13-14H2/b3-1+,4-2-,9-7?,12-10+. The van der Waals surface area contributed by atoms with Crippen molar-refractivity contribution in [2.75, 3.05) is 0 Å². The van der Waals surface area contributed by atoms with Gasteiger partial charge in [-0.1, -0.05) is 48.6 Å². The molecule has 0 bridgehead atoms. The van der Waals surface area contributed by atoms with Crippen LogP contribution in [0.1, 0.15) is 38.5 Å². The molecule has 0 saturated carbocycles. The van der Waals surface area contributed by atoms with Gasteiger partial charge in [-0.2, -0.15) is 0 Å². The Morgan fingerprint density at radius 1 is 0.500 bits per heavy atom. The van der Waals surface area contributed by atoms with Crippen LogP contribution in [0.2, 0.25) is 0 Å². The molecule has 0 atom stereocenters.